The Labute approximate surface area is 105 Å². The highest BCUT2D eigenvalue weighted by Gasteiger charge is 2.06. The summed E-state index contributed by atoms with van der Waals surface area (Å²) in [7, 11) is 0. The number of nitrogen functional groups attached to an aromatic ring is 1. The number of rotatable bonds is 1. The van der Waals surface area contributed by atoms with Crippen molar-refractivity contribution in [1.82, 2.24) is 4.98 Å². The molecule has 0 saturated carbocycles. The highest BCUT2D eigenvalue weighted by molar-refractivity contribution is 5.93. The van der Waals surface area contributed by atoms with Gasteiger partial charge in [-0.05, 0) is 23.6 Å². The normalized spacial score (nSPS) is 10.1. The zero-order chi connectivity index (χ0) is 11.0. The highest BCUT2D eigenvalue weighted by Crippen LogP contribution is 2.25. The van der Waals surface area contributed by atoms with E-state index in [2.05, 4.69) is 4.98 Å². The fourth-order valence-corrected chi connectivity index (χ4v) is 1.78. The summed E-state index contributed by atoms with van der Waals surface area (Å²) in [5.74, 6) is 1.27. The van der Waals surface area contributed by atoms with Crippen molar-refractivity contribution >= 4 is 29.0 Å². The molecule has 0 bridgehead atoms. The molecule has 3 rings (SSSR count). The molecule has 1 aromatic carbocycles. The Morgan fingerprint density at radius 3 is 2.65 bits per heavy atom. The molecule has 0 radical (unpaired) electrons. The number of aromatic nitrogens is 1. The van der Waals surface area contributed by atoms with Crippen LogP contribution < -0.4 is 5.73 Å². The van der Waals surface area contributed by atoms with Crippen LogP contribution >= 0.6 is 12.4 Å². The van der Waals surface area contributed by atoms with E-state index in [9.17, 15) is 0 Å². The zero-order valence-corrected chi connectivity index (χ0v) is 9.78. The Morgan fingerprint density at radius 1 is 1.06 bits per heavy atom. The predicted octanol–water partition coefficient (Wildman–Crippen LogP) is 3.50. The lowest BCUT2D eigenvalue weighted by Gasteiger charge is -2.03. The van der Waals surface area contributed by atoms with Crippen molar-refractivity contribution in [2.45, 2.75) is 0 Å². The average Bonchev–Trinajstić information content (AvgIpc) is 2.82. The van der Waals surface area contributed by atoms with Gasteiger partial charge in [0.1, 0.15) is 11.5 Å². The van der Waals surface area contributed by atoms with Gasteiger partial charge in [-0.3, -0.25) is 0 Å². The first-order chi connectivity index (χ1) is 7.84. The summed E-state index contributed by atoms with van der Waals surface area (Å²) in [6.45, 7) is 0. The maximum atomic E-state index is 5.91. The smallest absolute Gasteiger partial charge is 0.152 e. The molecule has 0 spiro atoms. The molecule has 0 saturated heterocycles. The maximum absolute atomic E-state index is 5.91. The van der Waals surface area contributed by atoms with E-state index < -0.39 is 0 Å². The number of benzene rings is 1. The number of hydrogen-bond acceptors (Lipinski definition) is 3. The van der Waals surface area contributed by atoms with E-state index in [0.717, 1.165) is 22.2 Å². The molecule has 0 fully saturated rings. The second-order valence-electron chi connectivity index (χ2n) is 3.59. The number of anilines is 1. The molecule has 0 aliphatic rings. The molecule has 0 atom stereocenters. The summed E-state index contributed by atoms with van der Waals surface area (Å²) < 4.78 is 5.31. The third kappa shape index (κ3) is 1.97. The fraction of sp³-hybridized carbons (Fsp3) is 0. The van der Waals surface area contributed by atoms with E-state index in [1.807, 2.05) is 42.5 Å². The molecule has 86 valence electrons. The van der Waals surface area contributed by atoms with Gasteiger partial charge in [0.2, 0.25) is 0 Å². The van der Waals surface area contributed by atoms with Gasteiger partial charge in [-0.2, -0.15) is 0 Å². The van der Waals surface area contributed by atoms with Crippen molar-refractivity contribution in [3.63, 3.8) is 0 Å². The SMILES string of the molecule is Cl.Nc1nc(-c2ccco2)cc2ccccc12. The van der Waals surface area contributed by atoms with Gasteiger partial charge in [-0.15, -0.1) is 12.4 Å². The number of nitrogens with two attached hydrogens (primary N) is 1. The number of nitrogens with zero attached hydrogens (tertiary/aromatic N) is 1. The number of fused-ring (bicyclic) bond motifs is 1. The minimum atomic E-state index is 0. The van der Waals surface area contributed by atoms with Crippen molar-refractivity contribution in [2.75, 3.05) is 5.73 Å². The molecule has 17 heavy (non-hydrogen) atoms. The first-order valence-corrected chi connectivity index (χ1v) is 5.04. The Hall–Kier alpha value is -2.00. The van der Waals surface area contributed by atoms with Crippen LogP contribution in [-0.2, 0) is 0 Å². The third-order valence-corrected chi connectivity index (χ3v) is 2.54. The van der Waals surface area contributed by atoms with Gasteiger partial charge in [0, 0.05) is 5.39 Å². The molecule has 2 N–H and O–H groups in total. The quantitative estimate of drug-likeness (QED) is 0.715. The van der Waals surface area contributed by atoms with Gasteiger partial charge in [-0.25, -0.2) is 4.98 Å². The van der Waals surface area contributed by atoms with Crippen LogP contribution in [0.2, 0.25) is 0 Å². The molecule has 2 heterocycles. The van der Waals surface area contributed by atoms with Gasteiger partial charge in [0.05, 0.1) is 6.26 Å². The fourth-order valence-electron chi connectivity index (χ4n) is 1.78. The highest BCUT2D eigenvalue weighted by atomic mass is 35.5. The minimum Gasteiger partial charge on any atom is -0.463 e. The first-order valence-electron chi connectivity index (χ1n) is 5.04. The standard InChI is InChI=1S/C13H10N2O.ClH/c14-13-10-5-2-1-4-9(10)8-11(15-13)12-6-3-7-16-12;/h1-8H,(H2,14,15);1H. The van der Waals surface area contributed by atoms with Crippen LogP contribution in [0.4, 0.5) is 5.82 Å². The molecule has 0 aliphatic carbocycles. The van der Waals surface area contributed by atoms with E-state index in [0.29, 0.717) is 5.82 Å². The lowest BCUT2D eigenvalue weighted by molar-refractivity contribution is 0.580. The molecule has 3 aromatic rings. The Morgan fingerprint density at radius 2 is 1.88 bits per heavy atom. The van der Waals surface area contributed by atoms with Gasteiger partial charge < -0.3 is 10.2 Å². The van der Waals surface area contributed by atoms with Crippen molar-refractivity contribution in [3.05, 3.63) is 48.7 Å². The van der Waals surface area contributed by atoms with Crippen LogP contribution in [0, 0.1) is 0 Å². The van der Waals surface area contributed by atoms with Gasteiger partial charge in [0.25, 0.3) is 0 Å². The molecule has 0 aliphatic heterocycles. The molecule has 2 aromatic heterocycles. The molecule has 0 unspecified atom stereocenters. The molecule has 0 amide bonds. The number of furan rings is 1. The second kappa shape index (κ2) is 4.47. The summed E-state index contributed by atoms with van der Waals surface area (Å²) in [6, 6.07) is 13.6. The Kier molecular flexibility index (Phi) is 3.02. The van der Waals surface area contributed by atoms with Crippen LogP contribution in [0.25, 0.3) is 22.2 Å². The second-order valence-corrected chi connectivity index (χ2v) is 3.59. The molecule has 4 heteroatoms. The zero-order valence-electron chi connectivity index (χ0n) is 8.96. The first kappa shape index (κ1) is 11.5. The summed E-state index contributed by atoms with van der Waals surface area (Å²) in [5, 5.41) is 2.04. The van der Waals surface area contributed by atoms with E-state index in [1.165, 1.54) is 0 Å². The number of halogens is 1. The van der Waals surface area contributed by atoms with E-state index in [4.69, 9.17) is 10.2 Å². The Balaban J connectivity index is 0.00000108. The lowest BCUT2D eigenvalue weighted by Crippen LogP contribution is -1.93. The monoisotopic (exact) mass is 246 g/mol. The van der Waals surface area contributed by atoms with E-state index in [1.54, 1.807) is 6.26 Å². The van der Waals surface area contributed by atoms with Crippen LogP contribution in [0.5, 0.6) is 0 Å². The average molecular weight is 247 g/mol. The largest absolute Gasteiger partial charge is 0.463 e. The summed E-state index contributed by atoms with van der Waals surface area (Å²) in [6.07, 6.45) is 1.63. The van der Waals surface area contributed by atoms with Crippen molar-refractivity contribution in [2.24, 2.45) is 0 Å². The topological polar surface area (TPSA) is 52.0 Å². The van der Waals surface area contributed by atoms with Crippen molar-refractivity contribution in [3.8, 4) is 11.5 Å². The minimum absolute atomic E-state index is 0. The lowest BCUT2D eigenvalue weighted by atomic mass is 10.1. The predicted molar refractivity (Wildman–Crippen MR) is 71.1 cm³/mol. The van der Waals surface area contributed by atoms with Crippen molar-refractivity contribution in [1.29, 1.82) is 0 Å². The molecular formula is C13H11ClN2O. The van der Waals surface area contributed by atoms with Crippen molar-refractivity contribution < 1.29 is 4.42 Å². The number of hydrogen-bond donors (Lipinski definition) is 1. The number of pyridine rings is 1. The molecular weight excluding hydrogens is 236 g/mol. The van der Waals surface area contributed by atoms with Crippen LogP contribution in [-0.4, -0.2) is 4.98 Å². The van der Waals surface area contributed by atoms with Crippen LogP contribution in [0.1, 0.15) is 0 Å². The summed E-state index contributed by atoms with van der Waals surface area (Å²) >= 11 is 0. The van der Waals surface area contributed by atoms with E-state index in [-0.39, 0.29) is 12.4 Å². The maximum Gasteiger partial charge on any atom is 0.152 e. The van der Waals surface area contributed by atoms with E-state index >= 15 is 0 Å². The van der Waals surface area contributed by atoms with Crippen LogP contribution in [0.3, 0.4) is 0 Å². The Bertz CT molecular complexity index is 635. The van der Waals surface area contributed by atoms with Gasteiger partial charge in [0.15, 0.2) is 5.76 Å². The summed E-state index contributed by atoms with van der Waals surface area (Å²) in [5.41, 5.74) is 6.68. The van der Waals surface area contributed by atoms with Crippen LogP contribution in [0.15, 0.2) is 53.1 Å². The summed E-state index contributed by atoms with van der Waals surface area (Å²) in [4.78, 5) is 4.33. The van der Waals surface area contributed by atoms with Gasteiger partial charge in [-0.1, -0.05) is 24.3 Å². The van der Waals surface area contributed by atoms with Gasteiger partial charge >= 0.3 is 0 Å². The third-order valence-electron chi connectivity index (χ3n) is 2.54. The molecule has 3 nitrogen and oxygen atoms in total.